The molecular formula is C19H20F2N2O4S. The number of benzene rings is 2. The van der Waals surface area contributed by atoms with Gasteiger partial charge in [-0.3, -0.25) is 4.79 Å². The first-order valence-electron chi connectivity index (χ1n) is 8.75. The predicted octanol–water partition coefficient (Wildman–Crippen LogP) is 2.27. The fourth-order valence-electron chi connectivity index (χ4n) is 2.97. The summed E-state index contributed by atoms with van der Waals surface area (Å²) >= 11 is 0. The number of amides is 1. The summed E-state index contributed by atoms with van der Waals surface area (Å²) in [7, 11) is -3.96. The fraction of sp³-hybridized carbons (Fsp3) is 0.316. The van der Waals surface area contributed by atoms with Crippen LogP contribution in [0.1, 0.15) is 6.92 Å². The van der Waals surface area contributed by atoms with Crippen molar-refractivity contribution in [3.63, 3.8) is 0 Å². The molecule has 0 aromatic heterocycles. The molecule has 6 nitrogen and oxygen atoms in total. The van der Waals surface area contributed by atoms with Gasteiger partial charge in [-0.1, -0.05) is 12.1 Å². The zero-order valence-electron chi connectivity index (χ0n) is 15.2. The number of rotatable bonds is 5. The first kappa shape index (κ1) is 20.2. The van der Waals surface area contributed by atoms with Crippen LogP contribution < -0.4 is 4.74 Å². The second kappa shape index (κ2) is 8.24. The summed E-state index contributed by atoms with van der Waals surface area (Å²) in [5, 5.41) is 0. The highest BCUT2D eigenvalue weighted by molar-refractivity contribution is 7.89. The maximum atomic E-state index is 13.9. The van der Waals surface area contributed by atoms with Crippen LogP contribution in [0, 0.1) is 11.6 Å². The second-order valence-corrected chi connectivity index (χ2v) is 8.28. The lowest BCUT2D eigenvalue weighted by atomic mass is 10.2. The highest BCUT2D eigenvalue weighted by atomic mass is 32.2. The van der Waals surface area contributed by atoms with Crippen molar-refractivity contribution >= 4 is 15.9 Å². The van der Waals surface area contributed by atoms with E-state index in [0.717, 1.165) is 6.07 Å². The number of carbonyl (C=O) groups excluding carboxylic acids is 1. The molecule has 0 saturated carbocycles. The number of halogens is 2. The Balaban J connectivity index is 1.60. The van der Waals surface area contributed by atoms with Crippen LogP contribution in [0.4, 0.5) is 8.78 Å². The summed E-state index contributed by atoms with van der Waals surface area (Å²) in [6.45, 7) is 2.04. The topological polar surface area (TPSA) is 66.9 Å². The molecule has 1 amide bonds. The molecule has 1 fully saturated rings. The molecule has 0 spiro atoms. The quantitative estimate of drug-likeness (QED) is 0.759. The average Bonchev–Trinajstić information content (AvgIpc) is 2.69. The number of piperazine rings is 1. The van der Waals surface area contributed by atoms with E-state index in [1.807, 2.05) is 0 Å². The summed E-state index contributed by atoms with van der Waals surface area (Å²) in [6, 6.07) is 10.5. The highest BCUT2D eigenvalue weighted by Crippen LogP contribution is 2.21. The lowest BCUT2D eigenvalue weighted by Crippen LogP contribution is -2.53. The molecule has 1 atom stereocenters. The van der Waals surface area contributed by atoms with Crippen LogP contribution >= 0.6 is 0 Å². The lowest BCUT2D eigenvalue weighted by molar-refractivity contribution is -0.139. The molecule has 1 aliphatic rings. The number of sulfonamides is 1. The van der Waals surface area contributed by atoms with Gasteiger partial charge in [-0.2, -0.15) is 4.31 Å². The largest absolute Gasteiger partial charge is 0.481 e. The lowest BCUT2D eigenvalue weighted by Gasteiger charge is -2.35. The van der Waals surface area contributed by atoms with Crippen LogP contribution in [0.3, 0.4) is 0 Å². The molecule has 0 aliphatic carbocycles. The van der Waals surface area contributed by atoms with E-state index in [4.69, 9.17) is 4.74 Å². The molecular weight excluding hydrogens is 390 g/mol. The Morgan fingerprint density at radius 1 is 1.00 bits per heavy atom. The third-order valence-electron chi connectivity index (χ3n) is 4.48. The molecule has 0 unspecified atom stereocenters. The molecule has 0 bridgehead atoms. The zero-order chi connectivity index (χ0) is 20.3. The van der Waals surface area contributed by atoms with Crippen molar-refractivity contribution in [2.45, 2.75) is 17.9 Å². The molecule has 1 saturated heterocycles. The molecule has 1 heterocycles. The molecule has 0 radical (unpaired) electrons. The van der Waals surface area contributed by atoms with Gasteiger partial charge in [0.05, 0.1) is 0 Å². The number of hydrogen-bond donors (Lipinski definition) is 0. The Morgan fingerprint density at radius 2 is 1.61 bits per heavy atom. The van der Waals surface area contributed by atoms with E-state index in [1.54, 1.807) is 6.92 Å². The zero-order valence-corrected chi connectivity index (χ0v) is 16.0. The van der Waals surface area contributed by atoms with E-state index >= 15 is 0 Å². The minimum atomic E-state index is -3.96. The van der Waals surface area contributed by atoms with Crippen molar-refractivity contribution in [2.75, 3.05) is 26.2 Å². The molecule has 2 aromatic rings. The van der Waals surface area contributed by atoms with Crippen LogP contribution in [-0.4, -0.2) is 55.8 Å². The van der Waals surface area contributed by atoms with Gasteiger partial charge in [-0.15, -0.1) is 0 Å². The van der Waals surface area contributed by atoms with Crippen LogP contribution in [-0.2, 0) is 14.8 Å². The third kappa shape index (κ3) is 4.31. The van der Waals surface area contributed by atoms with E-state index in [1.165, 1.54) is 51.7 Å². The van der Waals surface area contributed by atoms with Gasteiger partial charge in [-0.25, -0.2) is 17.2 Å². The molecule has 28 heavy (non-hydrogen) atoms. The normalized spacial score (nSPS) is 16.6. The minimum Gasteiger partial charge on any atom is -0.481 e. The molecule has 3 rings (SSSR count). The monoisotopic (exact) mass is 410 g/mol. The van der Waals surface area contributed by atoms with E-state index in [-0.39, 0.29) is 37.0 Å². The molecule has 1 aliphatic heterocycles. The van der Waals surface area contributed by atoms with Gasteiger partial charge in [0.2, 0.25) is 10.0 Å². The number of carbonyl (C=O) groups is 1. The van der Waals surface area contributed by atoms with Crippen molar-refractivity contribution in [1.29, 1.82) is 0 Å². The van der Waals surface area contributed by atoms with E-state index in [2.05, 4.69) is 0 Å². The van der Waals surface area contributed by atoms with E-state index in [9.17, 15) is 22.0 Å². The maximum absolute atomic E-state index is 13.9. The van der Waals surface area contributed by atoms with Crippen LogP contribution in [0.2, 0.25) is 0 Å². The van der Waals surface area contributed by atoms with Crippen LogP contribution in [0.5, 0.6) is 5.75 Å². The summed E-state index contributed by atoms with van der Waals surface area (Å²) in [6.07, 6.45) is -0.805. The third-order valence-corrected chi connectivity index (χ3v) is 6.41. The fourth-order valence-corrected chi connectivity index (χ4v) is 4.45. The summed E-state index contributed by atoms with van der Waals surface area (Å²) in [5.74, 6) is -1.14. The minimum absolute atomic E-state index is 0.0612. The summed E-state index contributed by atoms with van der Waals surface area (Å²) < 4.78 is 58.7. The maximum Gasteiger partial charge on any atom is 0.263 e. The highest BCUT2D eigenvalue weighted by Gasteiger charge is 2.33. The standard InChI is InChI=1S/C19H20F2N2O4S/c1-14(27-16-8-6-15(20)7-9-16)19(24)22-10-12-23(13-11-22)28(25,26)18-5-3-2-4-17(18)21/h2-9,14H,10-13H2,1H3/t14-/m1/s1. The Bertz CT molecular complexity index is 943. The number of hydrogen-bond acceptors (Lipinski definition) is 4. The van der Waals surface area contributed by atoms with Crippen molar-refractivity contribution in [3.05, 3.63) is 60.2 Å². The smallest absolute Gasteiger partial charge is 0.263 e. The molecule has 9 heteroatoms. The molecule has 0 N–H and O–H groups in total. The van der Waals surface area contributed by atoms with Crippen LogP contribution in [0.15, 0.2) is 53.4 Å². The van der Waals surface area contributed by atoms with Gasteiger partial charge in [0.15, 0.2) is 6.10 Å². The van der Waals surface area contributed by atoms with Gasteiger partial charge in [0.1, 0.15) is 22.3 Å². The Hall–Kier alpha value is -2.52. The Labute approximate surface area is 162 Å². The second-order valence-electron chi connectivity index (χ2n) is 6.37. The first-order valence-corrected chi connectivity index (χ1v) is 10.2. The van der Waals surface area contributed by atoms with Crippen LogP contribution in [0.25, 0.3) is 0 Å². The number of ether oxygens (including phenoxy) is 1. The van der Waals surface area contributed by atoms with E-state index in [0.29, 0.717) is 5.75 Å². The van der Waals surface area contributed by atoms with Crippen molar-refractivity contribution in [2.24, 2.45) is 0 Å². The Kier molecular flexibility index (Phi) is 5.95. The van der Waals surface area contributed by atoms with Crippen molar-refractivity contribution < 1.29 is 26.7 Å². The van der Waals surface area contributed by atoms with Gasteiger partial charge >= 0.3 is 0 Å². The van der Waals surface area contributed by atoms with Gasteiger partial charge < -0.3 is 9.64 Å². The molecule has 150 valence electrons. The summed E-state index contributed by atoms with van der Waals surface area (Å²) in [5.41, 5.74) is 0. The SMILES string of the molecule is C[C@@H](Oc1ccc(F)cc1)C(=O)N1CCN(S(=O)(=O)c2ccccc2F)CC1. The average molecular weight is 410 g/mol. The van der Waals surface area contributed by atoms with Gasteiger partial charge in [0, 0.05) is 26.2 Å². The predicted molar refractivity (Wildman–Crippen MR) is 98.2 cm³/mol. The van der Waals surface area contributed by atoms with Gasteiger partial charge in [0.25, 0.3) is 5.91 Å². The number of nitrogens with zero attached hydrogens (tertiary/aromatic N) is 2. The van der Waals surface area contributed by atoms with Crippen molar-refractivity contribution in [1.82, 2.24) is 9.21 Å². The Morgan fingerprint density at radius 3 is 2.21 bits per heavy atom. The summed E-state index contributed by atoms with van der Waals surface area (Å²) in [4.78, 5) is 13.7. The van der Waals surface area contributed by atoms with E-state index < -0.39 is 27.8 Å². The van der Waals surface area contributed by atoms with Gasteiger partial charge in [-0.05, 0) is 43.3 Å². The van der Waals surface area contributed by atoms with Crippen molar-refractivity contribution in [3.8, 4) is 5.75 Å². The molecule has 2 aromatic carbocycles. The first-order chi connectivity index (χ1) is 13.3.